The second kappa shape index (κ2) is 6.93. The number of benzene rings is 2. The van der Waals surface area contributed by atoms with E-state index < -0.39 is 45.2 Å². The van der Waals surface area contributed by atoms with Crippen molar-refractivity contribution in [3.63, 3.8) is 0 Å². The van der Waals surface area contributed by atoms with Gasteiger partial charge in [0.05, 0.1) is 28.6 Å². The summed E-state index contributed by atoms with van der Waals surface area (Å²) in [5, 5.41) is 2.18. The lowest BCUT2D eigenvalue weighted by Crippen LogP contribution is -2.30. The van der Waals surface area contributed by atoms with E-state index in [1.54, 1.807) is 0 Å². The first kappa shape index (κ1) is 19.9. The van der Waals surface area contributed by atoms with Crippen LogP contribution in [-0.4, -0.2) is 26.0 Å². The molecule has 1 N–H and O–H groups in total. The van der Waals surface area contributed by atoms with Crippen LogP contribution in [0, 0.1) is 5.92 Å². The van der Waals surface area contributed by atoms with Gasteiger partial charge < -0.3 is 5.32 Å². The highest BCUT2D eigenvalue weighted by Crippen LogP contribution is 2.35. The first-order valence-electron chi connectivity index (χ1n) is 8.15. The molecule has 10 heteroatoms. The predicted octanol–water partition coefficient (Wildman–Crippen LogP) is 3.27. The van der Waals surface area contributed by atoms with Crippen molar-refractivity contribution in [2.24, 2.45) is 5.92 Å². The number of halogens is 3. The summed E-state index contributed by atoms with van der Waals surface area (Å²) >= 11 is 0. The highest BCUT2D eigenvalue weighted by Gasteiger charge is 2.42. The minimum absolute atomic E-state index is 0.0360. The number of para-hydroxylation sites is 1. The second-order valence-corrected chi connectivity index (χ2v) is 8.19. The van der Waals surface area contributed by atoms with Crippen molar-refractivity contribution < 1.29 is 31.2 Å². The summed E-state index contributed by atoms with van der Waals surface area (Å²) in [6, 6.07) is 9.65. The zero-order chi connectivity index (χ0) is 20.7. The molecule has 1 fully saturated rings. The van der Waals surface area contributed by atoms with Crippen molar-refractivity contribution in [2.75, 3.05) is 15.4 Å². The van der Waals surface area contributed by atoms with Crippen molar-refractivity contribution in [1.29, 1.82) is 0 Å². The van der Waals surface area contributed by atoms with E-state index in [1.807, 2.05) is 0 Å². The van der Waals surface area contributed by atoms with Gasteiger partial charge in [0.25, 0.3) is 5.91 Å². The van der Waals surface area contributed by atoms with Gasteiger partial charge in [-0.05, 0) is 30.3 Å². The lowest BCUT2D eigenvalue weighted by atomic mass is 10.1. The molecule has 2 aromatic carbocycles. The number of sulfonamides is 1. The number of hydrogen-bond donors (Lipinski definition) is 1. The molecule has 0 bridgehead atoms. The molecular formula is C18H15F3N2O4S. The summed E-state index contributed by atoms with van der Waals surface area (Å²) < 4.78 is 64.2. The molecule has 28 heavy (non-hydrogen) atoms. The van der Waals surface area contributed by atoms with Crippen LogP contribution in [0.5, 0.6) is 0 Å². The van der Waals surface area contributed by atoms with Crippen LogP contribution in [-0.2, 0) is 21.0 Å². The molecule has 148 valence electrons. The van der Waals surface area contributed by atoms with Gasteiger partial charge in [0.1, 0.15) is 0 Å². The average Bonchev–Trinajstić information content (AvgIpc) is 2.81. The Hall–Kier alpha value is -2.88. The predicted molar refractivity (Wildman–Crippen MR) is 96.3 cm³/mol. The molecule has 0 radical (unpaired) electrons. The molecule has 1 unspecified atom stereocenters. The Balaban J connectivity index is 1.92. The molecule has 0 spiro atoms. The van der Waals surface area contributed by atoms with E-state index in [0.717, 1.165) is 18.2 Å². The number of hydrogen-bond acceptors (Lipinski definition) is 4. The lowest BCUT2D eigenvalue weighted by Gasteiger charge is -2.17. The van der Waals surface area contributed by atoms with Gasteiger partial charge in [-0.2, -0.15) is 13.2 Å². The lowest BCUT2D eigenvalue weighted by molar-refractivity contribution is -0.136. The molecule has 1 saturated heterocycles. The molecule has 1 atom stereocenters. The van der Waals surface area contributed by atoms with Crippen LogP contribution in [0.15, 0.2) is 48.5 Å². The smallest absolute Gasteiger partial charge is 0.321 e. The fourth-order valence-electron chi connectivity index (χ4n) is 2.89. The maximum absolute atomic E-state index is 13.1. The van der Waals surface area contributed by atoms with Crippen LogP contribution in [0.3, 0.4) is 0 Å². The third kappa shape index (κ3) is 3.72. The van der Waals surface area contributed by atoms with Crippen molar-refractivity contribution in [1.82, 2.24) is 0 Å². The summed E-state index contributed by atoms with van der Waals surface area (Å²) in [6.07, 6.45) is -4.65. The number of carbonyl (C=O) groups is 2. The quantitative estimate of drug-likeness (QED) is 0.839. The average molecular weight is 412 g/mol. The zero-order valence-corrected chi connectivity index (χ0v) is 15.3. The molecule has 0 saturated carbocycles. The minimum Gasteiger partial charge on any atom is -0.321 e. The largest absolute Gasteiger partial charge is 0.418 e. The van der Waals surface area contributed by atoms with E-state index in [-0.39, 0.29) is 17.0 Å². The number of rotatable bonds is 3. The number of nitrogens with one attached hydrogen (secondary N) is 1. The molecule has 1 heterocycles. The van der Waals surface area contributed by atoms with Crippen LogP contribution in [0.1, 0.15) is 22.8 Å². The van der Waals surface area contributed by atoms with Gasteiger partial charge in [-0.1, -0.05) is 25.1 Å². The van der Waals surface area contributed by atoms with Crippen molar-refractivity contribution >= 4 is 33.2 Å². The van der Waals surface area contributed by atoms with E-state index in [2.05, 4.69) is 5.32 Å². The third-order valence-corrected chi connectivity index (χ3v) is 6.05. The summed E-state index contributed by atoms with van der Waals surface area (Å²) in [4.78, 5) is 24.6. The van der Waals surface area contributed by atoms with Gasteiger partial charge in [-0.25, -0.2) is 12.7 Å². The Morgan fingerprint density at radius 1 is 1.14 bits per heavy atom. The van der Waals surface area contributed by atoms with Crippen LogP contribution >= 0.6 is 0 Å². The first-order valence-corrected chi connectivity index (χ1v) is 9.76. The van der Waals surface area contributed by atoms with E-state index in [9.17, 15) is 31.2 Å². The van der Waals surface area contributed by atoms with E-state index in [0.29, 0.717) is 4.31 Å². The molecule has 1 aliphatic rings. The molecule has 0 aliphatic carbocycles. The van der Waals surface area contributed by atoms with Crippen LogP contribution in [0.4, 0.5) is 24.5 Å². The summed E-state index contributed by atoms with van der Waals surface area (Å²) in [5.41, 5.74) is -1.56. The van der Waals surface area contributed by atoms with Gasteiger partial charge >= 0.3 is 6.18 Å². The van der Waals surface area contributed by atoms with Crippen molar-refractivity contribution in [3.8, 4) is 0 Å². The van der Waals surface area contributed by atoms with Crippen LogP contribution in [0.25, 0.3) is 0 Å². The standard InChI is InChI=1S/C18H15F3N2O4S/c1-11-10-28(26,27)23(17(11)25)13-6-4-5-12(9-13)16(24)22-15-8-3-2-7-14(15)18(19,20)21/h2-9,11H,10H2,1H3,(H,22,24). The zero-order valence-electron chi connectivity index (χ0n) is 14.5. The van der Waals surface area contributed by atoms with Crippen LogP contribution < -0.4 is 9.62 Å². The Morgan fingerprint density at radius 2 is 1.82 bits per heavy atom. The molecule has 0 aromatic heterocycles. The maximum Gasteiger partial charge on any atom is 0.418 e. The fourth-order valence-corrected chi connectivity index (χ4v) is 4.71. The van der Waals surface area contributed by atoms with Gasteiger partial charge in [-0.15, -0.1) is 0 Å². The van der Waals surface area contributed by atoms with E-state index in [1.165, 1.54) is 37.3 Å². The molecule has 1 aliphatic heterocycles. The SMILES string of the molecule is CC1CS(=O)(=O)N(c2cccc(C(=O)Nc3ccccc3C(F)(F)F)c2)C1=O. The normalized spacial score (nSPS) is 18.9. The molecule has 2 aromatic rings. The Labute approximate surface area is 159 Å². The highest BCUT2D eigenvalue weighted by atomic mass is 32.2. The van der Waals surface area contributed by atoms with Gasteiger partial charge in [-0.3, -0.25) is 9.59 Å². The fraction of sp³-hybridized carbons (Fsp3) is 0.222. The summed E-state index contributed by atoms with van der Waals surface area (Å²) in [5.74, 6) is -2.56. The Kier molecular flexibility index (Phi) is 4.92. The Morgan fingerprint density at radius 3 is 2.43 bits per heavy atom. The van der Waals surface area contributed by atoms with Crippen molar-refractivity contribution in [3.05, 3.63) is 59.7 Å². The van der Waals surface area contributed by atoms with Gasteiger partial charge in [0.2, 0.25) is 15.9 Å². The molecule has 3 rings (SSSR count). The topological polar surface area (TPSA) is 83.6 Å². The molecular weight excluding hydrogens is 397 g/mol. The monoisotopic (exact) mass is 412 g/mol. The van der Waals surface area contributed by atoms with Gasteiger partial charge in [0, 0.05) is 5.56 Å². The van der Waals surface area contributed by atoms with Gasteiger partial charge in [0.15, 0.2) is 0 Å². The molecule has 6 nitrogen and oxygen atoms in total. The second-order valence-electron chi connectivity index (χ2n) is 6.33. The summed E-state index contributed by atoms with van der Waals surface area (Å²) in [7, 11) is -3.86. The van der Waals surface area contributed by atoms with E-state index in [4.69, 9.17) is 0 Å². The number of carbonyl (C=O) groups excluding carboxylic acids is 2. The number of anilines is 2. The molecule has 2 amide bonds. The van der Waals surface area contributed by atoms with Crippen molar-refractivity contribution in [2.45, 2.75) is 13.1 Å². The Bertz CT molecular complexity index is 1050. The summed E-state index contributed by atoms with van der Waals surface area (Å²) in [6.45, 7) is 1.48. The highest BCUT2D eigenvalue weighted by molar-refractivity contribution is 7.94. The number of alkyl halides is 3. The number of nitrogens with zero attached hydrogens (tertiary/aromatic N) is 1. The number of amides is 2. The van der Waals surface area contributed by atoms with Crippen LogP contribution in [0.2, 0.25) is 0 Å². The third-order valence-electron chi connectivity index (χ3n) is 4.18. The first-order chi connectivity index (χ1) is 13.0. The minimum atomic E-state index is -4.65. The van der Waals surface area contributed by atoms with E-state index >= 15 is 0 Å². The maximum atomic E-state index is 13.1.